The lowest BCUT2D eigenvalue weighted by molar-refractivity contribution is -0.135. The number of nitrogens with zero attached hydrogens (tertiary/aromatic N) is 2. The van der Waals surface area contributed by atoms with E-state index in [1.54, 1.807) is 6.20 Å². The van der Waals surface area contributed by atoms with Crippen LogP contribution >= 0.6 is 0 Å². The van der Waals surface area contributed by atoms with Crippen molar-refractivity contribution in [1.29, 1.82) is 0 Å². The second-order valence-corrected chi connectivity index (χ2v) is 6.81. The Balaban J connectivity index is 1.83. The Bertz CT molecular complexity index is 992. The highest BCUT2D eigenvalue weighted by Gasteiger charge is 2.30. The molecule has 2 aromatic heterocycles. The Hall–Kier alpha value is -2.73. The molecule has 1 saturated heterocycles. The normalized spacial score (nSPS) is 17.8. The number of piperidine rings is 1. The summed E-state index contributed by atoms with van der Waals surface area (Å²) in [5, 5.41) is 4.59. The van der Waals surface area contributed by atoms with Gasteiger partial charge >= 0.3 is 0 Å². The molecular weight excluding hydrogens is 328 g/mol. The van der Waals surface area contributed by atoms with Crippen LogP contribution in [0.5, 0.6) is 0 Å². The second kappa shape index (κ2) is 6.88. The number of carbonyl (C=O) groups excluding carboxylic acids is 2. The van der Waals surface area contributed by atoms with Gasteiger partial charge in [-0.05, 0) is 62.1 Å². The topological polar surface area (TPSA) is 90.0 Å². The Morgan fingerprint density at radius 3 is 2.88 bits per heavy atom. The lowest BCUT2D eigenvalue weighted by atomic mass is 10.0. The fraction of sp³-hybridized carbons (Fsp3) is 0.350. The van der Waals surface area contributed by atoms with Gasteiger partial charge in [0, 0.05) is 23.4 Å². The molecule has 2 amide bonds. The number of aromatic nitrogens is 2. The van der Waals surface area contributed by atoms with Crippen molar-refractivity contribution >= 4 is 33.8 Å². The highest BCUT2D eigenvalue weighted by atomic mass is 16.2. The van der Waals surface area contributed by atoms with Crippen LogP contribution in [0.2, 0.25) is 0 Å². The van der Waals surface area contributed by atoms with E-state index in [0.29, 0.717) is 19.4 Å². The Labute approximate surface area is 151 Å². The molecule has 0 spiro atoms. The summed E-state index contributed by atoms with van der Waals surface area (Å²) in [5.74, 6) is -0.458. The molecule has 3 N–H and O–H groups in total. The van der Waals surface area contributed by atoms with E-state index in [2.05, 4.69) is 28.5 Å². The maximum atomic E-state index is 12.4. The van der Waals surface area contributed by atoms with Crippen molar-refractivity contribution < 1.29 is 9.59 Å². The van der Waals surface area contributed by atoms with Crippen LogP contribution in [0.1, 0.15) is 37.3 Å². The summed E-state index contributed by atoms with van der Waals surface area (Å²) in [4.78, 5) is 28.5. The number of rotatable bonds is 5. The predicted molar refractivity (Wildman–Crippen MR) is 101 cm³/mol. The first kappa shape index (κ1) is 16.7. The zero-order valence-corrected chi connectivity index (χ0v) is 14.6. The van der Waals surface area contributed by atoms with Crippen molar-refractivity contribution in [3.63, 3.8) is 0 Å². The number of aryl methyl sites for hydroxylation is 1. The van der Waals surface area contributed by atoms with Crippen LogP contribution in [0.15, 0.2) is 36.5 Å². The maximum Gasteiger partial charge on any atom is 0.249 e. The number of benzene rings is 1. The second-order valence-electron chi connectivity index (χ2n) is 6.81. The number of nitrogens with one attached hydrogen (secondary N) is 1. The van der Waals surface area contributed by atoms with Crippen LogP contribution < -0.4 is 11.1 Å². The molecule has 134 valence electrons. The quantitative estimate of drug-likeness (QED) is 0.546. The minimum Gasteiger partial charge on any atom is -0.330 e. The Morgan fingerprint density at radius 1 is 1.19 bits per heavy atom. The number of pyridine rings is 1. The molecule has 0 bridgehead atoms. The van der Waals surface area contributed by atoms with E-state index in [-0.39, 0.29) is 11.8 Å². The van der Waals surface area contributed by atoms with Crippen molar-refractivity contribution in [2.45, 2.75) is 38.1 Å². The first-order valence-electron chi connectivity index (χ1n) is 9.10. The predicted octanol–water partition coefficient (Wildman–Crippen LogP) is 2.45. The zero-order chi connectivity index (χ0) is 18.1. The number of hydrogen-bond donors (Lipinski definition) is 2. The van der Waals surface area contributed by atoms with Gasteiger partial charge in [0.25, 0.3) is 0 Å². The van der Waals surface area contributed by atoms with Crippen molar-refractivity contribution in [3.8, 4) is 0 Å². The first-order valence-corrected chi connectivity index (χ1v) is 9.10. The standard InChI is InChI=1S/C20H22N4O2/c21-10-2-1-4-13-6-7-16-15(12-13)14-5-3-11-22-19(14)24(16)17-8-9-18(25)23-20(17)26/h3,5-7,11-12,17H,1-2,4,8-10,21H2,(H,23,25,26). The van der Waals surface area contributed by atoms with E-state index in [9.17, 15) is 9.59 Å². The van der Waals surface area contributed by atoms with Crippen LogP contribution in [0, 0.1) is 0 Å². The van der Waals surface area contributed by atoms with Gasteiger partial charge in [-0.25, -0.2) is 4.98 Å². The third-order valence-electron chi connectivity index (χ3n) is 5.07. The van der Waals surface area contributed by atoms with Gasteiger partial charge in [0.1, 0.15) is 11.7 Å². The molecule has 6 nitrogen and oxygen atoms in total. The number of amides is 2. The van der Waals surface area contributed by atoms with Crippen molar-refractivity contribution in [3.05, 3.63) is 42.1 Å². The third-order valence-corrected chi connectivity index (χ3v) is 5.07. The number of unbranched alkanes of at least 4 members (excludes halogenated alkanes) is 1. The molecule has 1 unspecified atom stereocenters. The Kier molecular flexibility index (Phi) is 4.42. The monoisotopic (exact) mass is 350 g/mol. The molecule has 0 radical (unpaired) electrons. The summed E-state index contributed by atoms with van der Waals surface area (Å²) < 4.78 is 1.98. The van der Waals surface area contributed by atoms with Gasteiger partial charge in [-0.2, -0.15) is 0 Å². The molecule has 1 aliphatic heterocycles. The lowest BCUT2D eigenvalue weighted by Crippen LogP contribution is -2.41. The summed E-state index contributed by atoms with van der Waals surface area (Å²) in [6, 6.07) is 9.91. The van der Waals surface area contributed by atoms with Crippen LogP contribution in [0.25, 0.3) is 21.9 Å². The Morgan fingerprint density at radius 2 is 2.08 bits per heavy atom. The van der Waals surface area contributed by atoms with E-state index in [1.807, 2.05) is 16.7 Å². The van der Waals surface area contributed by atoms with Gasteiger partial charge in [0.05, 0.1) is 5.52 Å². The first-order chi connectivity index (χ1) is 12.7. The molecule has 1 aliphatic rings. The van der Waals surface area contributed by atoms with Crippen molar-refractivity contribution in [2.24, 2.45) is 5.73 Å². The van der Waals surface area contributed by atoms with E-state index in [0.717, 1.165) is 41.2 Å². The largest absolute Gasteiger partial charge is 0.330 e. The fourth-order valence-electron chi connectivity index (χ4n) is 3.80. The van der Waals surface area contributed by atoms with E-state index >= 15 is 0 Å². The van der Waals surface area contributed by atoms with E-state index in [1.165, 1.54) is 5.56 Å². The van der Waals surface area contributed by atoms with Gasteiger partial charge in [-0.3, -0.25) is 14.9 Å². The number of carbonyl (C=O) groups is 2. The summed E-state index contributed by atoms with van der Waals surface area (Å²) >= 11 is 0. The van der Waals surface area contributed by atoms with Crippen molar-refractivity contribution in [1.82, 2.24) is 14.9 Å². The maximum absolute atomic E-state index is 12.4. The number of hydrogen-bond acceptors (Lipinski definition) is 4. The lowest BCUT2D eigenvalue weighted by Gasteiger charge is -2.23. The summed E-state index contributed by atoms with van der Waals surface area (Å²) in [6.45, 7) is 0.709. The van der Waals surface area contributed by atoms with Crippen LogP contribution in [-0.4, -0.2) is 27.9 Å². The smallest absolute Gasteiger partial charge is 0.249 e. The third kappa shape index (κ3) is 2.86. The molecule has 6 heteroatoms. The van der Waals surface area contributed by atoms with Gasteiger partial charge in [-0.1, -0.05) is 6.07 Å². The average Bonchev–Trinajstić information content (AvgIpc) is 2.96. The molecule has 1 aromatic carbocycles. The van der Waals surface area contributed by atoms with Crippen molar-refractivity contribution in [2.75, 3.05) is 6.54 Å². The zero-order valence-electron chi connectivity index (χ0n) is 14.6. The molecule has 1 fully saturated rings. The molecule has 1 atom stereocenters. The molecule has 3 aromatic rings. The fourth-order valence-corrected chi connectivity index (χ4v) is 3.80. The average molecular weight is 350 g/mol. The molecule has 3 heterocycles. The molecule has 0 aliphatic carbocycles. The summed E-state index contributed by atoms with van der Waals surface area (Å²) in [7, 11) is 0. The summed E-state index contributed by atoms with van der Waals surface area (Å²) in [5.41, 5.74) is 8.62. The molecule has 4 rings (SSSR count). The van der Waals surface area contributed by atoms with Crippen LogP contribution in [0.4, 0.5) is 0 Å². The number of nitrogens with two attached hydrogens (primary N) is 1. The van der Waals surface area contributed by atoms with Gasteiger partial charge in [0.15, 0.2) is 0 Å². The van der Waals surface area contributed by atoms with Crippen LogP contribution in [-0.2, 0) is 16.0 Å². The van der Waals surface area contributed by atoms with Crippen LogP contribution in [0.3, 0.4) is 0 Å². The molecule has 0 saturated carbocycles. The highest BCUT2D eigenvalue weighted by molar-refractivity contribution is 6.09. The van der Waals surface area contributed by atoms with E-state index in [4.69, 9.17) is 5.73 Å². The highest BCUT2D eigenvalue weighted by Crippen LogP contribution is 2.34. The van der Waals surface area contributed by atoms with Gasteiger partial charge in [-0.15, -0.1) is 0 Å². The SMILES string of the molecule is NCCCCc1ccc2c(c1)c1cccnc1n2C1CCC(=O)NC1=O. The minimum atomic E-state index is -0.411. The molecular formula is C20H22N4O2. The summed E-state index contributed by atoms with van der Waals surface area (Å²) in [6.07, 6.45) is 5.65. The van der Waals surface area contributed by atoms with E-state index < -0.39 is 6.04 Å². The minimum absolute atomic E-state index is 0.206. The molecule has 26 heavy (non-hydrogen) atoms. The van der Waals surface area contributed by atoms with Gasteiger partial charge < -0.3 is 10.3 Å². The number of fused-ring (bicyclic) bond motifs is 3. The number of imide groups is 1. The van der Waals surface area contributed by atoms with Gasteiger partial charge in [0.2, 0.25) is 11.8 Å².